The number of pyridine rings is 1. The molecule has 0 bridgehead atoms. The summed E-state index contributed by atoms with van der Waals surface area (Å²) in [5.74, 6) is 0.126. The molecule has 2 aliphatic carbocycles. The molecule has 0 spiro atoms. The number of nitrogens with one attached hydrogen (secondary N) is 2. The van der Waals surface area contributed by atoms with Crippen LogP contribution in [0.5, 0.6) is 17.4 Å². The van der Waals surface area contributed by atoms with Crippen molar-refractivity contribution in [1.82, 2.24) is 9.78 Å². The maximum absolute atomic E-state index is 13.8. The van der Waals surface area contributed by atoms with Crippen LogP contribution in [0.3, 0.4) is 0 Å². The number of rotatable bonds is 16. The highest BCUT2D eigenvalue weighted by atomic mass is 16.7. The second kappa shape index (κ2) is 21.4. The molecular formula is C47H56N10O9+2. The second-order valence-electron chi connectivity index (χ2n) is 16.1. The number of nitrogens with zero attached hydrogens (tertiary/aromatic N) is 7. The Hall–Kier alpha value is -7.64. The van der Waals surface area contributed by atoms with E-state index in [1.165, 1.54) is 45.6 Å². The quantitative estimate of drug-likeness (QED) is 0.0152. The summed E-state index contributed by atoms with van der Waals surface area (Å²) in [6.07, 6.45) is 12.5. The van der Waals surface area contributed by atoms with Crippen LogP contribution in [0.15, 0.2) is 78.5 Å². The third kappa shape index (κ3) is 11.0. The zero-order chi connectivity index (χ0) is 47.4. The number of aliphatic hydroxyl groups is 1. The molecular weight excluding hydrogens is 849 g/mol. The number of carbonyl (C=O) groups is 2. The van der Waals surface area contributed by atoms with E-state index in [1.807, 2.05) is 10.9 Å². The molecule has 2 aromatic heterocycles. The second-order valence-corrected chi connectivity index (χ2v) is 16.1. The van der Waals surface area contributed by atoms with Gasteiger partial charge in [0.15, 0.2) is 11.4 Å². The van der Waals surface area contributed by atoms with E-state index in [9.17, 15) is 25.2 Å². The number of hydroxylamine groups is 1. The number of methoxy groups -OCH3 is 2. The van der Waals surface area contributed by atoms with Gasteiger partial charge in [-0.3, -0.25) is 19.7 Å². The molecule has 2 heterocycles. The lowest BCUT2D eigenvalue weighted by Crippen LogP contribution is -2.47. The van der Waals surface area contributed by atoms with Gasteiger partial charge < -0.3 is 39.9 Å². The van der Waals surface area contributed by atoms with E-state index in [0.717, 1.165) is 10.1 Å². The number of allylic oxidation sites excluding steroid dienone is 2. The first-order valence-corrected chi connectivity index (χ1v) is 21.5. The van der Waals surface area contributed by atoms with Crippen LogP contribution >= 0.6 is 0 Å². The third-order valence-electron chi connectivity index (χ3n) is 11.8. The van der Waals surface area contributed by atoms with Gasteiger partial charge in [-0.25, -0.2) is 0 Å². The smallest absolute Gasteiger partial charge is 0.492 e. The van der Waals surface area contributed by atoms with Crippen LogP contribution in [-0.2, 0) is 9.57 Å². The maximum atomic E-state index is 13.8. The fraction of sp³-hybridized carbons (Fsp3) is 0.404. The van der Waals surface area contributed by atoms with Crippen molar-refractivity contribution in [3.05, 3.63) is 84.7 Å². The van der Waals surface area contributed by atoms with Crippen LogP contribution in [-0.4, -0.2) is 94.1 Å². The summed E-state index contributed by atoms with van der Waals surface area (Å²) in [7, 11) is 4.23. The summed E-state index contributed by atoms with van der Waals surface area (Å²) in [5, 5.41) is 52.3. The molecule has 2 aliphatic rings. The largest absolute Gasteiger partial charge is 0.539 e. The Morgan fingerprint density at radius 1 is 1.05 bits per heavy atom. The first-order valence-electron chi connectivity index (χ1n) is 21.5. The Bertz CT molecular complexity index is 2610. The lowest BCUT2D eigenvalue weighted by molar-refractivity contribution is -0.908. The summed E-state index contributed by atoms with van der Waals surface area (Å²) in [4.78, 5) is 37.1. The van der Waals surface area contributed by atoms with Gasteiger partial charge in [-0.05, 0) is 76.5 Å². The summed E-state index contributed by atoms with van der Waals surface area (Å²) in [5.41, 5.74) is 6.49. The number of hydrogen-bond donors (Lipinski definition) is 5. The maximum Gasteiger partial charge on any atom is 0.539 e. The van der Waals surface area contributed by atoms with Crippen molar-refractivity contribution in [3.8, 4) is 29.5 Å². The lowest BCUT2D eigenvalue weighted by Gasteiger charge is -2.37. The Morgan fingerprint density at radius 3 is 2.42 bits per heavy atom. The number of aromatic nitrogens is 3. The van der Waals surface area contributed by atoms with Crippen LogP contribution in [0.2, 0.25) is 0 Å². The molecule has 0 unspecified atom stereocenters. The van der Waals surface area contributed by atoms with Crippen LogP contribution in [0.25, 0.3) is 10.9 Å². The zero-order valence-electron chi connectivity index (χ0n) is 37.5. The number of aliphatic imine (C=N–C) groups is 1. The molecule has 19 heteroatoms. The topological polar surface area (TPSA) is 255 Å². The van der Waals surface area contributed by atoms with Gasteiger partial charge in [0.1, 0.15) is 18.5 Å². The Kier molecular flexibility index (Phi) is 15.5. The summed E-state index contributed by atoms with van der Waals surface area (Å²) < 4.78 is 26.7. The Balaban J connectivity index is 1.16. The van der Waals surface area contributed by atoms with E-state index >= 15 is 0 Å². The molecule has 0 radical (unpaired) electrons. The molecule has 66 heavy (non-hydrogen) atoms. The molecule has 6 N–H and O–H groups in total. The molecule has 0 atom stereocenters. The SMILES string of the molecule is C=C/C=C\C(OC)=[N+](\OC)C(=O)Nc1cc2cn(C3CCC(CC#N)(Oc4cccc(C(=O)Nc5cc(C=NC6CCC(O)(CC#N)CC6)c(N)cc5OCC)[n+]4O)CC3)nc2cc1OC. The lowest BCUT2D eigenvalue weighted by atomic mass is 9.80. The van der Waals surface area contributed by atoms with Crippen molar-refractivity contribution >= 4 is 52.0 Å². The number of carbonyl (C=O) groups excluding carboxylic acids is 2. The van der Waals surface area contributed by atoms with E-state index in [0.29, 0.717) is 102 Å². The number of benzene rings is 2. The molecule has 6 rings (SSSR count). The number of nitrogens with two attached hydrogens (primary N) is 1. The number of ether oxygens (including phenoxy) is 4. The fourth-order valence-electron chi connectivity index (χ4n) is 8.22. The molecule has 19 nitrogen and oxygen atoms in total. The first-order chi connectivity index (χ1) is 31.8. The molecule has 4 aromatic rings. The highest BCUT2D eigenvalue weighted by molar-refractivity contribution is 6.04. The van der Waals surface area contributed by atoms with Gasteiger partial charge in [0.25, 0.3) is 0 Å². The Labute approximate surface area is 382 Å². The number of nitrogen functional groups attached to an aromatic ring is 1. The number of anilines is 3. The van der Waals surface area contributed by atoms with Gasteiger partial charge >= 0.3 is 29.4 Å². The average molecular weight is 905 g/mol. The number of fused-ring (bicyclic) bond motifs is 1. The van der Waals surface area contributed by atoms with E-state index < -0.39 is 23.1 Å². The van der Waals surface area contributed by atoms with Crippen LogP contribution < -0.4 is 35.3 Å². The predicted molar refractivity (Wildman–Crippen MR) is 244 cm³/mol. The van der Waals surface area contributed by atoms with Gasteiger partial charge in [0.2, 0.25) is 0 Å². The highest BCUT2D eigenvalue weighted by Crippen LogP contribution is 2.41. The molecule has 2 fully saturated rings. The molecule has 346 valence electrons. The van der Waals surface area contributed by atoms with E-state index in [-0.39, 0.29) is 42.4 Å². The minimum absolute atomic E-state index is 0.0221. The van der Waals surface area contributed by atoms with Crippen LogP contribution in [0.1, 0.15) is 93.2 Å². The van der Waals surface area contributed by atoms with Crippen LogP contribution in [0, 0.1) is 22.7 Å². The van der Waals surface area contributed by atoms with Gasteiger partial charge in [-0.2, -0.15) is 25.7 Å². The van der Waals surface area contributed by atoms with E-state index in [1.54, 1.807) is 49.5 Å². The van der Waals surface area contributed by atoms with Gasteiger partial charge in [0.05, 0.1) is 85.5 Å². The molecule has 2 saturated carbocycles. The first kappa shape index (κ1) is 47.8. The van der Waals surface area contributed by atoms with E-state index in [4.69, 9.17) is 44.9 Å². The highest BCUT2D eigenvalue weighted by Gasteiger charge is 2.42. The minimum Gasteiger partial charge on any atom is -0.492 e. The fourth-order valence-corrected chi connectivity index (χ4v) is 8.22. The summed E-state index contributed by atoms with van der Waals surface area (Å²) in [6.45, 7) is 5.73. The zero-order valence-corrected chi connectivity index (χ0v) is 37.5. The Morgan fingerprint density at radius 2 is 1.77 bits per heavy atom. The van der Waals surface area contributed by atoms with Crippen molar-refractivity contribution in [2.75, 3.05) is 44.3 Å². The van der Waals surface area contributed by atoms with Gasteiger partial charge in [-0.1, -0.05) is 18.7 Å². The molecule has 3 amide bonds. The van der Waals surface area contributed by atoms with E-state index in [2.05, 4.69) is 29.4 Å². The molecule has 2 aromatic carbocycles. The van der Waals surface area contributed by atoms with Gasteiger partial charge in [-0.15, -0.1) is 0 Å². The molecule has 0 saturated heterocycles. The van der Waals surface area contributed by atoms with Crippen LogP contribution in [0.4, 0.5) is 21.9 Å². The number of urea groups is 1. The van der Waals surface area contributed by atoms with Crippen molar-refractivity contribution in [2.24, 2.45) is 4.99 Å². The van der Waals surface area contributed by atoms with Gasteiger partial charge in [0, 0.05) is 58.1 Å². The third-order valence-corrected chi connectivity index (χ3v) is 11.8. The summed E-state index contributed by atoms with van der Waals surface area (Å²) in [6, 6.07) is 14.8. The summed E-state index contributed by atoms with van der Waals surface area (Å²) >= 11 is 0. The monoisotopic (exact) mass is 904 g/mol. The number of nitriles is 2. The number of hydrogen-bond acceptors (Lipinski definition) is 14. The number of amides is 3. The average Bonchev–Trinajstić information content (AvgIpc) is 3.72. The molecule has 0 aliphatic heterocycles. The minimum atomic E-state index is -0.991. The van der Waals surface area contributed by atoms with Crippen molar-refractivity contribution in [1.29, 1.82) is 10.5 Å². The van der Waals surface area contributed by atoms with Crippen molar-refractivity contribution < 1.29 is 53.2 Å². The predicted octanol–water partition coefficient (Wildman–Crippen LogP) is 6.55. The normalized spacial score (nSPS) is 21.0. The van der Waals surface area contributed by atoms with Crippen molar-refractivity contribution in [3.63, 3.8) is 0 Å². The standard InChI is InChI=1S/C47H54N10O9/c1-6-8-11-43(63-4)57(64-5)45(59)53-37-26-32-30-55(54-36(32)28-40(37)62-3)34-15-19-47(20-16-34,22-24-49)66-42-12-9-10-39(56(42)61)44(58)52-38-25-31(35(50)27-41(38)65-7-2)29-51-33-13-17-46(60,18-14-33)21-23-48/h6,8-12,25-30,33-34,50,60-61H,1,7,13-22H2,2-5H3,(H-,53,58,59)/p+2/b11-8-,51-29?,57-43-. The van der Waals surface area contributed by atoms with Crippen molar-refractivity contribution in [2.45, 2.75) is 94.4 Å².